The molecule has 0 aromatic heterocycles. The van der Waals surface area contributed by atoms with Gasteiger partial charge in [-0.05, 0) is 41.5 Å². The van der Waals surface area contributed by atoms with Gasteiger partial charge >= 0.3 is 6.18 Å². The van der Waals surface area contributed by atoms with Crippen LogP contribution in [0, 0.1) is 0 Å². The predicted molar refractivity (Wildman–Crippen MR) is 116 cm³/mol. The van der Waals surface area contributed by atoms with Crippen molar-refractivity contribution in [3.63, 3.8) is 0 Å². The van der Waals surface area contributed by atoms with Gasteiger partial charge in [0.1, 0.15) is 5.75 Å². The number of alkyl halides is 3. The Morgan fingerprint density at radius 2 is 1.73 bits per heavy atom. The average Bonchev–Trinajstić information content (AvgIpc) is 2.92. The summed E-state index contributed by atoms with van der Waals surface area (Å²) in [6.45, 7) is -0.0609. The van der Waals surface area contributed by atoms with Crippen LogP contribution in [0.15, 0.2) is 72.8 Å². The fourth-order valence-corrected chi connectivity index (χ4v) is 3.64. The Morgan fingerprint density at radius 1 is 0.970 bits per heavy atom. The zero-order valence-corrected chi connectivity index (χ0v) is 17.6. The Labute approximate surface area is 188 Å². The van der Waals surface area contributed by atoms with Crippen molar-refractivity contribution in [2.45, 2.75) is 25.7 Å². The summed E-state index contributed by atoms with van der Waals surface area (Å²) in [5.41, 5.74) is 1.69. The molecule has 3 aromatic rings. The molecule has 0 bridgehead atoms. The Kier molecular flexibility index (Phi) is 6.35. The number of rotatable bonds is 5. The minimum atomic E-state index is -4.46. The molecule has 0 saturated carbocycles. The molecule has 8 heteroatoms. The van der Waals surface area contributed by atoms with Crippen molar-refractivity contribution in [3.8, 4) is 5.75 Å². The van der Waals surface area contributed by atoms with Crippen LogP contribution in [0.3, 0.4) is 0 Å². The van der Waals surface area contributed by atoms with Crippen molar-refractivity contribution in [2.24, 2.45) is 0 Å². The molecule has 5 nitrogen and oxygen atoms in total. The third kappa shape index (κ3) is 5.71. The van der Waals surface area contributed by atoms with Gasteiger partial charge in [0.2, 0.25) is 5.91 Å². The number of hydrogen-bond acceptors (Lipinski definition) is 3. The maximum Gasteiger partial charge on any atom is 0.416 e. The highest BCUT2D eigenvalue weighted by Crippen LogP contribution is 2.31. The van der Waals surface area contributed by atoms with E-state index in [-0.39, 0.29) is 37.9 Å². The highest BCUT2D eigenvalue weighted by molar-refractivity contribution is 5.92. The van der Waals surface area contributed by atoms with Gasteiger partial charge in [0.25, 0.3) is 5.91 Å². The summed E-state index contributed by atoms with van der Waals surface area (Å²) in [6, 6.07) is 19.3. The third-order valence-electron chi connectivity index (χ3n) is 5.24. The van der Waals surface area contributed by atoms with Crippen molar-refractivity contribution in [1.82, 2.24) is 4.90 Å². The lowest BCUT2D eigenvalue weighted by molar-refractivity contribution is -0.137. The van der Waals surface area contributed by atoms with E-state index in [9.17, 15) is 22.8 Å². The number of carbonyl (C=O) groups is 2. The van der Waals surface area contributed by atoms with Crippen LogP contribution >= 0.6 is 0 Å². The molecule has 4 rings (SSSR count). The first-order valence-corrected chi connectivity index (χ1v) is 10.3. The van der Waals surface area contributed by atoms with Gasteiger partial charge in [-0.15, -0.1) is 0 Å². The molecule has 0 radical (unpaired) electrons. The molecule has 3 aromatic carbocycles. The van der Waals surface area contributed by atoms with Crippen LogP contribution in [-0.4, -0.2) is 23.3 Å². The SMILES string of the molecule is O=C(Cc1ccccc1)Nc1ccc2c(c1)CN(Cc1cccc(C(F)(F)F)c1)C(=O)CO2. The Bertz CT molecular complexity index is 1160. The molecule has 1 N–H and O–H groups in total. The Balaban J connectivity index is 1.49. The molecule has 1 aliphatic heterocycles. The van der Waals surface area contributed by atoms with Crippen molar-refractivity contribution < 1.29 is 27.5 Å². The van der Waals surface area contributed by atoms with Crippen LogP contribution in [0.1, 0.15) is 22.3 Å². The molecule has 0 saturated heterocycles. The number of benzene rings is 3. The Hall–Kier alpha value is -3.81. The van der Waals surface area contributed by atoms with E-state index in [0.717, 1.165) is 17.7 Å². The molecule has 170 valence electrons. The lowest BCUT2D eigenvalue weighted by Crippen LogP contribution is -2.32. The Morgan fingerprint density at radius 3 is 2.48 bits per heavy atom. The lowest BCUT2D eigenvalue weighted by Gasteiger charge is -2.21. The largest absolute Gasteiger partial charge is 0.483 e. The van der Waals surface area contributed by atoms with Crippen LogP contribution < -0.4 is 10.1 Å². The molecule has 0 fully saturated rings. The van der Waals surface area contributed by atoms with Crippen LogP contribution in [0.25, 0.3) is 0 Å². The summed E-state index contributed by atoms with van der Waals surface area (Å²) in [6.07, 6.45) is -4.24. The number of carbonyl (C=O) groups excluding carboxylic acids is 2. The highest BCUT2D eigenvalue weighted by atomic mass is 19.4. The number of ether oxygens (including phenoxy) is 1. The normalized spacial score (nSPS) is 13.7. The lowest BCUT2D eigenvalue weighted by atomic mass is 10.1. The zero-order valence-electron chi connectivity index (χ0n) is 17.6. The van der Waals surface area contributed by atoms with Gasteiger partial charge in [-0.3, -0.25) is 9.59 Å². The monoisotopic (exact) mass is 454 g/mol. The molecular formula is C25H21F3N2O3. The minimum absolute atomic E-state index is 0.0101. The molecule has 0 aliphatic carbocycles. The van der Waals surface area contributed by atoms with Gasteiger partial charge in [-0.25, -0.2) is 0 Å². The van der Waals surface area contributed by atoms with Crippen LogP contribution in [-0.2, 0) is 35.3 Å². The number of nitrogens with zero attached hydrogens (tertiary/aromatic N) is 1. The summed E-state index contributed by atoms with van der Waals surface area (Å²) >= 11 is 0. The molecule has 0 atom stereocenters. The van der Waals surface area contributed by atoms with E-state index in [2.05, 4.69) is 5.32 Å². The molecule has 1 heterocycles. The second kappa shape index (κ2) is 9.36. The van der Waals surface area contributed by atoms with Crippen molar-refractivity contribution in [3.05, 3.63) is 95.1 Å². The summed E-state index contributed by atoms with van der Waals surface area (Å²) in [7, 11) is 0. The molecule has 33 heavy (non-hydrogen) atoms. The third-order valence-corrected chi connectivity index (χ3v) is 5.24. The van der Waals surface area contributed by atoms with Crippen LogP contribution in [0.5, 0.6) is 5.75 Å². The maximum absolute atomic E-state index is 13.0. The summed E-state index contributed by atoms with van der Waals surface area (Å²) < 4.78 is 44.7. The predicted octanol–water partition coefficient (Wildman–Crippen LogP) is 4.81. The average molecular weight is 454 g/mol. The van der Waals surface area contributed by atoms with Gasteiger partial charge in [0.15, 0.2) is 6.61 Å². The molecule has 0 spiro atoms. The number of hydrogen-bond donors (Lipinski definition) is 1. The van der Waals surface area contributed by atoms with Gasteiger partial charge in [-0.1, -0.05) is 42.5 Å². The van der Waals surface area contributed by atoms with E-state index in [1.807, 2.05) is 30.3 Å². The zero-order chi connectivity index (χ0) is 23.4. The first kappa shape index (κ1) is 22.4. The number of fused-ring (bicyclic) bond motifs is 1. The molecule has 2 amide bonds. The van der Waals surface area contributed by atoms with Gasteiger partial charge in [-0.2, -0.15) is 13.2 Å². The number of nitrogens with one attached hydrogen (secondary N) is 1. The van der Waals surface area contributed by atoms with E-state index in [0.29, 0.717) is 22.6 Å². The van der Waals surface area contributed by atoms with Crippen molar-refractivity contribution in [1.29, 1.82) is 0 Å². The highest BCUT2D eigenvalue weighted by Gasteiger charge is 2.31. The molecule has 0 unspecified atom stereocenters. The van der Waals surface area contributed by atoms with Gasteiger partial charge < -0.3 is 15.0 Å². The first-order chi connectivity index (χ1) is 15.8. The summed E-state index contributed by atoms with van der Waals surface area (Å²) in [5, 5.41) is 2.84. The van der Waals surface area contributed by atoms with Crippen molar-refractivity contribution in [2.75, 3.05) is 11.9 Å². The molecular weight excluding hydrogens is 433 g/mol. The number of amides is 2. The quantitative estimate of drug-likeness (QED) is 0.602. The summed E-state index contributed by atoms with van der Waals surface area (Å²) in [4.78, 5) is 26.4. The maximum atomic E-state index is 13.0. The van der Waals surface area contributed by atoms with E-state index in [1.54, 1.807) is 24.3 Å². The fourth-order valence-electron chi connectivity index (χ4n) is 3.64. The smallest absolute Gasteiger partial charge is 0.416 e. The fraction of sp³-hybridized carbons (Fsp3) is 0.200. The van der Waals surface area contributed by atoms with Gasteiger partial charge in [0.05, 0.1) is 12.0 Å². The second-order valence-electron chi connectivity index (χ2n) is 7.77. The summed E-state index contributed by atoms with van der Waals surface area (Å²) in [5.74, 6) is -0.0261. The second-order valence-corrected chi connectivity index (χ2v) is 7.77. The van der Waals surface area contributed by atoms with E-state index in [4.69, 9.17) is 4.74 Å². The van der Waals surface area contributed by atoms with Crippen LogP contribution in [0.4, 0.5) is 18.9 Å². The number of anilines is 1. The van der Waals surface area contributed by atoms with E-state index >= 15 is 0 Å². The van der Waals surface area contributed by atoms with Crippen LogP contribution in [0.2, 0.25) is 0 Å². The minimum Gasteiger partial charge on any atom is -0.483 e. The van der Waals surface area contributed by atoms with Crippen molar-refractivity contribution >= 4 is 17.5 Å². The first-order valence-electron chi connectivity index (χ1n) is 10.3. The van der Waals surface area contributed by atoms with E-state index < -0.39 is 11.7 Å². The number of halogens is 3. The standard InChI is InChI=1S/C25H21F3N2O3/c26-25(27,28)20-8-4-7-18(11-20)14-30-15-19-13-21(9-10-22(19)33-16-24(30)32)29-23(31)12-17-5-2-1-3-6-17/h1-11,13H,12,14-16H2,(H,29,31). The van der Waals surface area contributed by atoms with Gasteiger partial charge in [0, 0.05) is 24.3 Å². The topological polar surface area (TPSA) is 58.6 Å². The van der Waals surface area contributed by atoms with E-state index in [1.165, 1.54) is 11.0 Å². The molecule has 1 aliphatic rings.